The summed E-state index contributed by atoms with van der Waals surface area (Å²) < 4.78 is 0. The van der Waals surface area contributed by atoms with Gasteiger partial charge in [-0.2, -0.15) is 0 Å². The fourth-order valence-electron chi connectivity index (χ4n) is 1.03. The Morgan fingerprint density at radius 1 is 1.09 bits per heavy atom. The molecule has 0 aliphatic heterocycles. The van der Waals surface area contributed by atoms with Crippen LogP contribution in [0.4, 0.5) is 0 Å². The van der Waals surface area contributed by atoms with Crippen molar-refractivity contribution in [3.05, 3.63) is 12.2 Å². The van der Waals surface area contributed by atoms with E-state index in [0.717, 1.165) is 0 Å². The lowest BCUT2D eigenvalue weighted by Crippen LogP contribution is -2.03. The van der Waals surface area contributed by atoms with E-state index in [1.54, 1.807) is 0 Å². The van der Waals surface area contributed by atoms with Crippen molar-refractivity contribution in [3.8, 4) is 0 Å². The van der Waals surface area contributed by atoms with Crippen LogP contribution < -0.4 is 0 Å². The summed E-state index contributed by atoms with van der Waals surface area (Å²) in [5.41, 5.74) is 0.514. The van der Waals surface area contributed by atoms with Crippen LogP contribution in [0.1, 0.15) is 53.4 Å². The molecule has 0 heterocycles. The average molecular weight is 154 g/mol. The van der Waals surface area contributed by atoms with Gasteiger partial charge < -0.3 is 0 Å². The number of allylic oxidation sites excluding steroid dienone is 2. The molecule has 0 aliphatic carbocycles. The highest BCUT2D eigenvalue weighted by atomic mass is 14.1. The van der Waals surface area contributed by atoms with Crippen molar-refractivity contribution in [2.75, 3.05) is 0 Å². The van der Waals surface area contributed by atoms with Crippen LogP contribution in [0.25, 0.3) is 0 Å². The minimum atomic E-state index is 0.514. The summed E-state index contributed by atoms with van der Waals surface area (Å²) in [6.07, 6.45) is 9.65. The van der Waals surface area contributed by atoms with Crippen LogP contribution in [0, 0.1) is 5.41 Å². The quantitative estimate of drug-likeness (QED) is 0.421. The van der Waals surface area contributed by atoms with E-state index < -0.39 is 0 Å². The van der Waals surface area contributed by atoms with E-state index in [0.29, 0.717) is 5.41 Å². The fraction of sp³-hybridized carbons (Fsp3) is 0.818. The summed E-state index contributed by atoms with van der Waals surface area (Å²) in [7, 11) is 0. The molecule has 0 heteroatoms. The third-order valence-corrected chi connectivity index (χ3v) is 1.70. The number of hydrogen-bond acceptors (Lipinski definition) is 0. The topological polar surface area (TPSA) is 0 Å². The first kappa shape index (κ1) is 10.7. The van der Waals surface area contributed by atoms with Crippen molar-refractivity contribution in [2.45, 2.75) is 53.4 Å². The molecule has 0 spiro atoms. The van der Waals surface area contributed by atoms with E-state index in [1.807, 2.05) is 0 Å². The lowest BCUT2D eigenvalue weighted by atomic mass is 9.90. The van der Waals surface area contributed by atoms with Crippen LogP contribution in [-0.2, 0) is 0 Å². The van der Waals surface area contributed by atoms with Gasteiger partial charge in [-0.3, -0.25) is 0 Å². The van der Waals surface area contributed by atoms with Crippen LogP contribution in [0.5, 0.6) is 0 Å². The molecular weight excluding hydrogens is 132 g/mol. The van der Waals surface area contributed by atoms with Gasteiger partial charge in [0.1, 0.15) is 0 Å². The molecule has 0 atom stereocenters. The van der Waals surface area contributed by atoms with Gasteiger partial charge in [0, 0.05) is 0 Å². The summed E-state index contributed by atoms with van der Waals surface area (Å²) >= 11 is 0. The first-order chi connectivity index (χ1) is 5.06. The van der Waals surface area contributed by atoms with Crippen molar-refractivity contribution < 1.29 is 0 Å². The molecule has 0 aromatic carbocycles. The van der Waals surface area contributed by atoms with E-state index in [9.17, 15) is 0 Å². The van der Waals surface area contributed by atoms with E-state index >= 15 is 0 Å². The van der Waals surface area contributed by atoms with Gasteiger partial charge in [0.15, 0.2) is 0 Å². The molecule has 0 aromatic rings. The number of unbranched alkanes of at least 4 members (excludes halogenated alkanes) is 1. The Balaban J connectivity index is 3.21. The maximum absolute atomic E-state index is 2.30. The van der Waals surface area contributed by atoms with E-state index in [-0.39, 0.29) is 0 Å². The smallest absolute Gasteiger partial charge is 0.0351 e. The fourth-order valence-corrected chi connectivity index (χ4v) is 1.03. The van der Waals surface area contributed by atoms with Crippen LogP contribution in [0.15, 0.2) is 12.2 Å². The molecule has 0 aromatic heterocycles. The third-order valence-electron chi connectivity index (χ3n) is 1.70. The van der Waals surface area contributed by atoms with Crippen LogP contribution >= 0.6 is 0 Å². The second-order valence-electron chi connectivity index (χ2n) is 4.33. The first-order valence-corrected chi connectivity index (χ1v) is 4.71. The molecule has 0 saturated carbocycles. The monoisotopic (exact) mass is 154 g/mol. The average Bonchev–Trinajstić information content (AvgIpc) is 1.85. The van der Waals surface area contributed by atoms with Gasteiger partial charge in [0.2, 0.25) is 0 Å². The summed E-state index contributed by atoms with van der Waals surface area (Å²) in [4.78, 5) is 0. The molecular formula is C11H22. The normalized spacial score (nSPS) is 12.7. The lowest BCUT2D eigenvalue weighted by Gasteiger charge is -2.16. The maximum Gasteiger partial charge on any atom is -0.0351 e. The van der Waals surface area contributed by atoms with Gasteiger partial charge in [0.05, 0.1) is 0 Å². The second kappa shape index (κ2) is 5.40. The Morgan fingerprint density at radius 3 is 2.18 bits per heavy atom. The summed E-state index contributed by atoms with van der Waals surface area (Å²) in [6, 6.07) is 0. The van der Waals surface area contributed by atoms with Crippen molar-refractivity contribution >= 4 is 0 Å². The Morgan fingerprint density at radius 2 is 1.73 bits per heavy atom. The summed E-state index contributed by atoms with van der Waals surface area (Å²) in [5, 5.41) is 0. The Kier molecular flexibility index (Phi) is 5.27. The maximum atomic E-state index is 2.30. The molecule has 0 N–H and O–H groups in total. The summed E-state index contributed by atoms with van der Waals surface area (Å²) in [6.45, 7) is 9.09. The zero-order valence-electron chi connectivity index (χ0n) is 8.48. The van der Waals surface area contributed by atoms with Gasteiger partial charge in [-0.05, 0) is 31.1 Å². The van der Waals surface area contributed by atoms with Crippen molar-refractivity contribution in [1.82, 2.24) is 0 Å². The molecule has 0 radical (unpaired) electrons. The molecule has 66 valence electrons. The zero-order valence-corrected chi connectivity index (χ0v) is 8.48. The Bertz CT molecular complexity index is 104. The minimum absolute atomic E-state index is 0.514. The molecule has 0 saturated heterocycles. The number of hydrogen-bond donors (Lipinski definition) is 0. The predicted molar refractivity (Wildman–Crippen MR) is 52.7 cm³/mol. The van der Waals surface area contributed by atoms with Crippen molar-refractivity contribution in [1.29, 1.82) is 0 Å². The molecule has 0 amide bonds. The van der Waals surface area contributed by atoms with E-state index in [2.05, 4.69) is 39.8 Å². The Hall–Kier alpha value is -0.260. The lowest BCUT2D eigenvalue weighted by molar-refractivity contribution is 0.367. The third kappa shape index (κ3) is 9.74. The molecule has 0 rings (SSSR count). The molecule has 0 fully saturated rings. The number of rotatable bonds is 4. The van der Waals surface area contributed by atoms with Crippen LogP contribution in [0.2, 0.25) is 0 Å². The Labute approximate surface area is 71.7 Å². The van der Waals surface area contributed by atoms with Crippen LogP contribution in [-0.4, -0.2) is 0 Å². The highest BCUT2D eigenvalue weighted by Crippen LogP contribution is 2.21. The largest absolute Gasteiger partial charge is 0.0888 e. The molecule has 0 bridgehead atoms. The molecule has 11 heavy (non-hydrogen) atoms. The van der Waals surface area contributed by atoms with Gasteiger partial charge in [-0.1, -0.05) is 39.8 Å². The standard InChI is InChI=1S/C11H22/c1-5-6-7-8-9-10-11(2,3)4/h6-7H,5,8-10H2,1-4H3. The van der Waals surface area contributed by atoms with Gasteiger partial charge in [-0.25, -0.2) is 0 Å². The van der Waals surface area contributed by atoms with E-state index in [4.69, 9.17) is 0 Å². The van der Waals surface area contributed by atoms with Gasteiger partial charge >= 0.3 is 0 Å². The van der Waals surface area contributed by atoms with E-state index in [1.165, 1.54) is 25.7 Å². The second-order valence-corrected chi connectivity index (χ2v) is 4.33. The van der Waals surface area contributed by atoms with Crippen molar-refractivity contribution in [3.63, 3.8) is 0 Å². The predicted octanol–water partition coefficient (Wildman–Crippen LogP) is 4.17. The minimum Gasteiger partial charge on any atom is -0.0888 e. The van der Waals surface area contributed by atoms with Gasteiger partial charge in [-0.15, -0.1) is 0 Å². The van der Waals surface area contributed by atoms with Crippen molar-refractivity contribution in [2.24, 2.45) is 5.41 Å². The van der Waals surface area contributed by atoms with Gasteiger partial charge in [0.25, 0.3) is 0 Å². The zero-order chi connectivity index (χ0) is 8.74. The molecule has 0 unspecified atom stereocenters. The highest BCUT2D eigenvalue weighted by molar-refractivity contribution is 4.80. The SMILES string of the molecule is CCC=CCCCC(C)(C)C. The molecule has 0 nitrogen and oxygen atoms in total. The summed E-state index contributed by atoms with van der Waals surface area (Å²) in [5.74, 6) is 0. The highest BCUT2D eigenvalue weighted by Gasteiger charge is 2.07. The first-order valence-electron chi connectivity index (χ1n) is 4.71. The van der Waals surface area contributed by atoms with Crippen LogP contribution in [0.3, 0.4) is 0 Å². The molecule has 0 aliphatic rings.